The molecule has 1 N–H and O–H groups in total. The Balaban J connectivity index is 1.68. The van der Waals surface area contributed by atoms with Crippen LogP contribution >= 0.6 is 11.8 Å². The van der Waals surface area contributed by atoms with Crippen LogP contribution in [0.25, 0.3) is 5.69 Å². The van der Waals surface area contributed by atoms with E-state index in [1.807, 2.05) is 75.4 Å². The third-order valence-electron chi connectivity index (χ3n) is 4.00. The van der Waals surface area contributed by atoms with Crippen molar-refractivity contribution in [2.45, 2.75) is 37.2 Å². The number of carbonyl (C=O) groups is 1. The molecular weight excluding hydrogens is 346 g/mol. The average Bonchev–Trinajstić information content (AvgIpc) is 3.10. The number of hydrogen-bond donors (Lipinski definition) is 1. The summed E-state index contributed by atoms with van der Waals surface area (Å²) in [6.45, 7) is 5.84. The van der Waals surface area contributed by atoms with Crippen LogP contribution in [0, 0.1) is 6.92 Å². The van der Waals surface area contributed by atoms with E-state index in [9.17, 15) is 4.79 Å². The van der Waals surface area contributed by atoms with Crippen LogP contribution in [0.4, 0.5) is 0 Å². The Morgan fingerprint density at radius 1 is 1.12 bits per heavy atom. The number of nitrogens with one attached hydrogen (secondary N) is 1. The zero-order valence-corrected chi connectivity index (χ0v) is 15.8. The van der Waals surface area contributed by atoms with E-state index in [1.54, 1.807) is 4.68 Å². The van der Waals surface area contributed by atoms with Crippen molar-refractivity contribution in [3.05, 3.63) is 65.7 Å². The summed E-state index contributed by atoms with van der Waals surface area (Å²) in [4.78, 5) is 12.5. The maximum absolute atomic E-state index is 12.5. The molecule has 2 aromatic carbocycles. The minimum absolute atomic E-state index is 0.0508. The fourth-order valence-corrected chi connectivity index (χ4v) is 3.36. The van der Waals surface area contributed by atoms with E-state index in [2.05, 4.69) is 20.8 Å². The van der Waals surface area contributed by atoms with Gasteiger partial charge in [0.2, 0.25) is 11.1 Å². The van der Waals surface area contributed by atoms with Gasteiger partial charge in [0.25, 0.3) is 0 Å². The fraction of sp³-hybridized carbons (Fsp3) is 0.263. The van der Waals surface area contributed by atoms with Crippen LogP contribution < -0.4 is 5.32 Å². The number of nitrogens with zero attached hydrogens (tertiary/aromatic N) is 4. The van der Waals surface area contributed by atoms with Crippen molar-refractivity contribution in [3.8, 4) is 5.69 Å². The summed E-state index contributed by atoms with van der Waals surface area (Å²) in [7, 11) is 0. The van der Waals surface area contributed by atoms with Gasteiger partial charge >= 0.3 is 0 Å². The Morgan fingerprint density at radius 3 is 2.62 bits per heavy atom. The Kier molecular flexibility index (Phi) is 5.68. The number of benzene rings is 2. The summed E-state index contributed by atoms with van der Waals surface area (Å²) in [5.74, 6) is -0.0508. The molecule has 2 unspecified atom stereocenters. The van der Waals surface area contributed by atoms with Crippen molar-refractivity contribution in [1.29, 1.82) is 0 Å². The molecule has 0 saturated heterocycles. The first kappa shape index (κ1) is 18.1. The van der Waals surface area contributed by atoms with Crippen molar-refractivity contribution in [3.63, 3.8) is 0 Å². The Bertz CT molecular complexity index is 880. The van der Waals surface area contributed by atoms with Crippen LogP contribution in [-0.2, 0) is 4.79 Å². The Morgan fingerprint density at radius 2 is 1.88 bits per heavy atom. The molecule has 7 heteroatoms. The SMILES string of the molecule is Cc1cccc(-n2nnnc2SC(C)C(=O)NC(C)c2ccccc2)c1. The van der Waals surface area contributed by atoms with Crippen LogP contribution in [0.3, 0.4) is 0 Å². The number of rotatable bonds is 6. The molecule has 0 fully saturated rings. The summed E-state index contributed by atoms with van der Waals surface area (Å²) < 4.78 is 1.65. The monoisotopic (exact) mass is 367 g/mol. The molecular formula is C19H21N5OS. The molecule has 0 spiro atoms. The lowest BCUT2D eigenvalue weighted by molar-refractivity contribution is -0.120. The van der Waals surface area contributed by atoms with E-state index < -0.39 is 0 Å². The lowest BCUT2D eigenvalue weighted by Gasteiger charge is -2.17. The molecule has 26 heavy (non-hydrogen) atoms. The predicted octanol–water partition coefficient (Wildman–Crippen LogP) is 3.33. The average molecular weight is 367 g/mol. The molecule has 1 aromatic heterocycles. The zero-order chi connectivity index (χ0) is 18.5. The third kappa shape index (κ3) is 4.29. The van der Waals surface area contributed by atoms with Gasteiger partial charge in [-0.2, -0.15) is 4.68 Å². The summed E-state index contributed by atoms with van der Waals surface area (Å²) in [6, 6.07) is 17.8. The molecule has 6 nitrogen and oxygen atoms in total. The number of tetrazole rings is 1. The van der Waals surface area contributed by atoms with Gasteiger partial charge in [-0.25, -0.2) is 0 Å². The summed E-state index contributed by atoms with van der Waals surface area (Å²) >= 11 is 1.34. The van der Waals surface area contributed by atoms with Crippen LogP contribution in [0.5, 0.6) is 0 Å². The molecule has 1 amide bonds. The van der Waals surface area contributed by atoms with Crippen LogP contribution in [-0.4, -0.2) is 31.4 Å². The summed E-state index contributed by atoms with van der Waals surface area (Å²) in [5.41, 5.74) is 3.07. The van der Waals surface area contributed by atoms with E-state index >= 15 is 0 Å². The standard InChI is InChI=1S/C19H21N5OS/c1-13-8-7-11-17(12-13)24-19(21-22-23-24)26-15(3)18(25)20-14(2)16-9-5-4-6-10-16/h4-12,14-15H,1-3H3,(H,20,25). The van der Waals surface area contributed by atoms with Crippen molar-refractivity contribution >= 4 is 17.7 Å². The molecule has 0 saturated carbocycles. The lowest BCUT2D eigenvalue weighted by atomic mass is 10.1. The quantitative estimate of drug-likeness (QED) is 0.677. The van der Waals surface area contributed by atoms with Gasteiger partial charge in [0.1, 0.15) is 0 Å². The van der Waals surface area contributed by atoms with E-state index in [0.29, 0.717) is 5.16 Å². The zero-order valence-electron chi connectivity index (χ0n) is 15.0. The second-order valence-electron chi connectivity index (χ2n) is 6.11. The van der Waals surface area contributed by atoms with Crippen LogP contribution in [0.15, 0.2) is 59.8 Å². The van der Waals surface area contributed by atoms with Gasteiger partial charge in [0.15, 0.2) is 0 Å². The normalized spacial score (nSPS) is 13.2. The highest BCUT2D eigenvalue weighted by molar-refractivity contribution is 8.00. The van der Waals surface area contributed by atoms with Gasteiger partial charge < -0.3 is 5.32 Å². The molecule has 3 aromatic rings. The summed E-state index contributed by atoms with van der Waals surface area (Å²) in [5, 5.41) is 15.2. The molecule has 3 rings (SSSR count). The molecule has 0 aliphatic rings. The molecule has 1 heterocycles. The van der Waals surface area contributed by atoms with E-state index in [1.165, 1.54) is 11.8 Å². The maximum Gasteiger partial charge on any atom is 0.233 e. The highest BCUT2D eigenvalue weighted by Gasteiger charge is 2.21. The van der Waals surface area contributed by atoms with Crippen molar-refractivity contribution in [2.24, 2.45) is 0 Å². The number of carbonyl (C=O) groups excluding carboxylic acids is 1. The maximum atomic E-state index is 12.5. The Labute approximate surface area is 157 Å². The van der Waals surface area contributed by atoms with Gasteiger partial charge in [-0.3, -0.25) is 4.79 Å². The molecule has 2 atom stereocenters. The largest absolute Gasteiger partial charge is 0.349 e. The van der Waals surface area contributed by atoms with Crippen LogP contribution in [0.2, 0.25) is 0 Å². The molecule has 0 aliphatic carbocycles. The summed E-state index contributed by atoms with van der Waals surface area (Å²) in [6.07, 6.45) is 0. The second-order valence-corrected chi connectivity index (χ2v) is 7.42. The first-order valence-corrected chi connectivity index (χ1v) is 9.30. The van der Waals surface area contributed by atoms with Crippen molar-refractivity contribution in [1.82, 2.24) is 25.5 Å². The topological polar surface area (TPSA) is 72.7 Å². The molecule has 0 bridgehead atoms. The minimum atomic E-state index is -0.323. The van der Waals surface area contributed by atoms with Gasteiger partial charge in [0.05, 0.1) is 17.0 Å². The first-order valence-electron chi connectivity index (χ1n) is 8.42. The highest BCUT2D eigenvalue weighted by atomic mass is 32.2. The van der Waals surface area contributed by atoms with E-state index in [4.69, 9.17) is 0 Å². The van der Waals surface area contributed by atoms with E-state index in [-0.39, 0.29) is 17.2 Å². The first-order chi connectivity index (χ1) is 12.5. The third-order valence-corrected chi connectivity index (χ3v) is 5.03. The smallest absolute Gasteiger partial charge is 0.233 e. The molecule has 0 aliphatic heterocycles. The van der Waals surface area contributed by atoms with E-state index in [0.717, 1.165) is 16.8 Å². The molecule has 134 valence electrons. The lowest BCUT2D eigenvalue weighted by Crippen LogP contribution is -2.33. The highest BCUT2D eigenvalue weighted by Crippen LogP contribution is 2.24. The number of thioether (sulfide) groups is 1. The van der Waals surface area contributed by atoms with Crippen molar-refractivity contribution in [2.75, 3.05) is 0 Å². The van der Waals surface area contributed by atoms with Gasteiger partial charge in [0, 0.05) is 0 Å². The van der Waals surface area contributed by atoms with Gasteiger partial charge in [-0.15, -0.1) is 5.10 Å². The minimum Gasteiger partial charge on any atom is -0.349 e. The van der Waals surface area contributed by atoms with Gasteiger partial charge in [-0.1, -0.05) is 54.2 Å². The van der Waals surface area contributed by atoms with Crippen molar-refractivity contribution < 1.29 is 4.79 Å². The number of aromatic nitrogens is 4. The number of amides is 1. The van der Waals surface area contributed by atoms with Crippen LogP contribution in [0.1, 0.15) is 31.0 Å². The predicted molar refractivity (Wildman–Crippen MR) is 102 cm³/mol. The second kappa shape index (κ2) is 8.14. The van der Waals surface area contributed by atoms with Gasteiger partial charge in [-0.05, 0) is 54.5 Å². The Hall–Kier alpha value is -2.67. The molecule has 0 radical (unpaired) electrons. The number of aryl methyl sites for hydroxylation is 1. The number of hydrogen-bond acceptors (Lipinski definition) is 5. The fourth-order valence-electron chi connectivity index (χ4n) is 2.54.